The van der Waals surface area contributed by atoms with Crippen LogP contribution in [0.5, 0.6) is 0 Å². The van der Waals surface area contributed by atoms with E-state index in [4.69, 9.17) is 9.47 Å². The smallest absolute Gasteiger partial charge is 0.310 e. The number of carbonyl (C=O) groups excluding carboxylic acids is 3. The van der Waals surface area contributed by atoms with E-state index in [2.05, 4.69) is 20.0 Å². The van der Waals surface area contributed by atoms with Gasteiger partial charge in [0.15, 0.2) is 6.61 Å². The van der Waals surface area contributed by atoms with Gasteiger partial charge in [-0.15, -0.1) is 0 Å². The fraction of sp³-hybridized carbons (Fsp3) is 0.556. The minimum Gasteiger partial charge on any atom is -0.466 e. The molecule has 0 bridgehead atoms. The van der Waals surface area contributed by atoms with Crippen molar-refractivity contribution in [3.8, 4) is 0 Å². The number of ether oxygens (including phenoxy) is 2. The standard InChI is InChI=1S/C18H24N6O5/c1-4-28-16(27)9-14-12(2)21-18-19-11-20-24(18)17(14)23-7-5-22(6-8-23)15(26)10-29-13(3)25/h11H,4-10H2,1-3H3. The molecule has 1 aliphatic rings. The maximum absolute atomic E-state index is 12.2. The Morgan fingerprint density at radius 1 is 1.14 bits per heavy atom. The highest BCUT2D eigenvalue weighted by atomic mass is 16.5. The maximum Gasteiger partial charge on any atom is 0.310 e. The van der Waals surface area contributed by atoms with Crippen LogP contribution in [0.25, 0.3) is 5.78 Å². The number of esters is 2. The van der Waals surface area contributed by atoms with E-state index in [0.717, 1.165) is 11.4 Å². The summed E-state index contributed by atoms with van der Waals surface area (Å²) in [5.74, 6) is 0.113. The molecule has 1 saturated heterocycles. The predicted molar refractivity (Wildman–Crippen MR) is 101 cm³/mol. The van der Waals surface area contributed by atoms with Gasteiger partial charge in [0.05, 0.1) is 13.0 Å². The van der Waals surface area contributed by atoms with E-state index in [1.165, 1.54) is 13.3 Å². The molecule has 0 N–H and O–H groups in total. The van der Waals surface area contributed by atoms with Crippen LogP contribution in [0, 0.1) is 6.92 Å². The van der Waals surface area contributed by atoms with Gasteiger partial charge in [0, 0.05) is 44.4 Å². The lowest BCUT2D eigenvalue weighted by Crippen LogP contribution is -2.50. The van der Waals surface area contributed by atoms with Gasteiger partial charge in [-0.1, -0.05) is 0 Å². The lowest BCUT2D eigenvalue weighted by Gasteiger charge is -2.36. The first-order chi connectivity index (χ1) is 13.9. The van der Waals surface area contributed by atoms with Crippen molar-refractivity contribution in [3.63, 3.8) is 0 Å². The first-order valence-electron chi connectivity index (χ1n) is 9.41. The molecular weight excluding hydrogens is 380 g/mol. The van der Waals surface area contributed by atoms with E-state index in [9.17, 15) is 14.4 Å². The summed E-state index contributed by atoms with van der Waals surface area (Å²) in [7, 11) is 0. The lowest BCUT2D eigenvalue weighted by atomic mass is 10.1. The minimum atomic E-state index is -0.485. The van der Waals surface area contributed by atoms with E-state index < -0.39 is 5.97 Å². The van der Waals surface area contributed by atoms with Crippen molar-refractivity contribution < 1.29 is 23.9 Å². The van der Waals surface area contributed by atoms with Crippen LogP contribution in [-0.2, 0) is 30.3 Å². The van der Waals surface area contributed by atoms with Gasteiger partial charge in [-0.3, -0.25) is 14.4 Å². The molecule has 11 heteroatoms. The highest BCUT2D eigenvalue weighted by molar-refractivity contribution is 5.80. The van der Waals surface area contributed by atoms with E-state index in [1.54, 1.807) is 16.3 Å². The Bertz CT molecular complexity index is 919. The molecule has 0 spiro atoms. The molecule has 3 rings (SSSR count). The van der Waals surface area contributed by atoms with Crippen LogP contribution >= 0.6 is 0 Å². The Morgan fingerprint density at radius 3 is 2.52 bits per heavy atom. The topological polar surface area (TPSA) is 119 Å². The molecule has 156 valence electrons. The average molecular weight is 404 g/mol. The molecule has 2 aromatic rings. The van der Waals surface area contributed by atoms with Crippen LogP contribution in [0.1, 0.15) is 25.1 Å². The number of aromatic nitrogens is 4. The van der Waals surface area contributed by atoms with Crippen molar-refractivity contribution in [2.24, 2.45) is 0 Å². The van der Waals surface area contributed by atoms with E-state index in [-0.39, 0.29) is 24.9 Å². The van der Waals surface area contributed by atoms with Gasteiger partial charge >= 0.3 is 11.9 Å². The average Bonchev–Trinajstić information content (AvgIpc) is 3.14. The molecule has 2 aromatic heterocycles. The Kier molecular flexibility index (Phi) is 6.25. The monoisotopic (exact) mass is 404 g/mol. The number of fused-ring (bicyclic) bond motifs is 1. The van der Waals surface area contributed by atoms with E-state index in [0.29, 0.717) is 44.3 Å². The lowest BCUT2D eigenvalue weighted by molar-refractivity contribution is -0.150. The number of nitrogens with zero attached hydrogens (tertiary/aromatic N) is 6. The van der Waals surface area contributed by atoms with Crippen LogP contribution in [-0.4, -0.2) is 81.7 Å². The summed E-state index contributed by atoms with van der Waals surface area (Å²) in [6, 6.07) is 0. The van der Waals surface area contributed by atoms with Gasteiger partial charge in [0.1, 0.15) is 12.1 Å². The van der Waals surface area contributed by atoms with Crippen LogP contribution in [0.3, 0.4) is 0 Å². The molecule has 1 amide bonds. The molecular formula is C18H24N6O5. The minimum absolute atomic E-state index is 0.0728. The molecule has 0 aromatic carbocycles. The Morgan fingerprint density at radius 2 is 1.86 bits per heavy atom. The van der Waals surface area contributed by atoms with Crippen LogP contribution < -0.4 is 4.90 Å². The van der Waals surface area contributed by atoms with E-state index >= 15 is 0 Å². The molecule has 0 aliphatic carbocycles. The molecule has 29 heavy (non-hydrogen) atoms. The van der Waals surface area contributed by atoms with Crippen LogP contribution in [0.4, 0.5) is 5.82 Å². The molecule has 1 fully saturated rings. The third-order valence-electron chi connectivity index (χ3n) is 4.66. The highest BCUT2D eigenvalue weighted by Crippen LogP contribution is 2.25. The second-order valence-corrected chi connectivity index (χ2v) is 6.60. The molecule has 1 aliphatic heterocycles. The van der Waals surface area contributed by atoms with Crippen molar-refractivity contribution in [1.82, 2.24) is 24.5 Å². The fourth-order valence-electron chi connectivity index (χ4n) is 3.28. The number of hydrogen-bond donors (Lipinski definition) is 0. The number of rotatable bonds is 6. The summed E-state index contributed by atoms with van der Waals surface area (Å²) in [5.41, 5.74) is 1.41. The first-order valence-corrected chi connectivity index (χ1v) is 9.41. The molecule has 0 radical (unpaired) electrons. The van der Waals surface area contributed by atoms with Crippen molar-refractivity contribution in [3.05, 3.63) is 17.6 Å². The number of aryl methyl sites for hydroxylation is 1. The number of hydrogen-bond acceptors (Lipinski definition) is 9. The Balaban J connectivity index is 1.82. The number of anilines is 1. The SMILES string of the molecule is CCOC(=O)Cc1c(C)nc2ncnn2c1N1CCN(C(=O)COC(C)=O)CC1. The summed E-state index contributed by atoms with van der Waals surface area (Å²) in [4.78, 5) is 47.5. The summed E-state index contributed by atoms with van der Waals surface area (Å²) in [5, 5.41) is 4.26. The summed E-state index contributed by atoms with van der Waals surface area (Å²) >= 11 is 0. The van der Waals surface area contributed by atoms with Gasteiger partial charge in [-0.2, -0.15) is 14.6 Å². The zero-order valence-electron chi connectivity index (χ0n) is 16.8. The number of amides is 1. The second kappa shape index (κ2) is 8.84. The number of carbonyl (C=O) groups is 3. The summed E-state index contributed by atoms with van der Waals surface area (Å²) in [6.45, 7) is 6.86. The van der Waals surface area contributed by atoms with Gasteiger partial charge in [-0.05, 0) is 13.8 Å². The van der Waals surface area contributed by atoms with Crippen molar-refractivity contribution in [2.45, 2.75) is 27.2 Å². The van der Waals surface area contributed by atoms with Crippen molar-refractivity contribution in [2.75, 3.05) is 44.3 Å². The van der Waals surface area contributed by atoms with Gasteiger partial charge in [0.25, 0.3) is 11.7 Å². The number of piperazine rings is 1. The first kappa shape index (κ1) is 20.5. The zero-order valence-corrected chi connectivity index (χ0v) is 16.8. The van der Waals surface area contributed by atoms with Gasteiger partial charge in [0.2, 0.25) is 0 Å². The maximum atomic E-state index is 12.2. The molecule has 0 saturated carbocycles. The Labute approximate surface area is 167 Å². The van der Waals surface area contributed by atoms with Crippen molar-refractivity contribution >= 4 is 29.4 Å². The normalized spacial score (nSPS) is 14.2. The Hall–Kier alpha value is -3.24. The summed E-state index contributed by atoms with van der Waals surface area (Å²) < 4.78 is 11.5. The zero-order chi connectivity index (χ0) is 21.0. The third-order valence-corrected chi connectivity index (χ3v) is 4.66. The molecule has 3 heterocycles. The van der Waals surface area contributed by atoms with Gasteiger partial charge < -0.3 is 19.3 Å². The molecule has 0 atom stereocenters. The van der Waals surface area contributed by atoms with Crippen LogP contribution in [0.2, 0.25) is 0 Å². The van der Waals surface area contributed by atoms with Crippen LogP contribution in [0.15, 0.2) is 6.33 Å². The van der Waals surface area contributed by atoms with Crippen molar-refractivity contribution in [1.29, 1.82) is 0 Å². The summed E-state index contributed by atoms with van der Waals surface area (Å²) in [6.07, 6.45) is 1.49. The molecule has 0 unspecified atom stereocenters. The third kappa shape index (κ3) is 4.61. The van der Waals surface area contributed by atoms with Gasteiger partial charge in [-0.25, -0.2) is 4.98 Å². The quantitative estimate of drug-likeness (QED) is 0.600. The predicted octanol–water partition coefficient (Wildman–Crippen LogP) is -0.250. The second-order valence-electron chi connectivity index (χ2n) is 6.60. The fourth-order valence-corrected chi connectivity index (χ4v) is 3.28. The van der Waals surface area contributed by atoms with E-state index in [1.807, 2.05) is 6.92 Å². The highest BCUT2D eigenvalue weighted by Gasteiger charge is 2.27. The largest absolute Gasteiger partial charge is 0.466 e. The molecule has 11 nitrogen and oxygen atoms in total.